The molecule has 3 heterocycles. The number of rotatable bonds is 7. The molecule has 1 atom stereocenters. The zero-order chi connectivity index (χ0) is 28.4. The molecule has 1 fully saturated rings. The number of nitrogens with zero attached hydrogens (tertiary/aromatic N) is 5. The third kappa shape index (κ3) is 5.27. The summed E-state index contributed by atoms with van der Waals surface area (Å²) >= 11 is 6.51. The fourth-order valence-corrected chi connectivity index (χ4v) is 5.13. The summed E-state index contributed by atoms with van der Waals surface area (Å²) in [4.78, 5) is 29.1. The van der Waals surface area contributed by atoms with Gasteiger partial charge in [0.15, 0.2) is 5.82 Å². The first-order valence-electron chi connectivity index (χ1n) is 12.7. The largest absolute Gasteiger partial charge is 0.507 e. The minimum Gasteiger partial charge on any atom is -0.507 e. The van der Waals surface area contributed by atoms with Gasteiger partial charge in [-0.15, -0.1) is 0 Å². The zero-order valence-electron chi connectivity index (χ0n) is 21.6. The van der Waals surface area contributed by atoms with Crippen molar-refractivity contribution in [1.82, 2.24) is 19.9 Å². The van der Waals surface area contributed by atoms with E-state index in [1.807, 2.05) is 30.0 Å². The van der Waals surface area contributed by atoms with E-state index in [0.717, 1.165) is 11.8 Å². The molecule has 0 saturated carbocycles. The number of hydrogen-bond acceptors (Lipinski definition) is 7. The van der Waals surface area contributed by atoms with Crippen LogP contribution in [0.1, 0.15) is 12.6 Å². The Labute approximate surface area is 234 Å². The summed E-state index contributed by atoms with van der Waals surface area (Å²) < 4.78 is 36.8. The number of fused-ring (bicyclic) bond motifs is 1. The Morgan fingerprint density at radius 1 is 1.20 bits per heavy atom. The number of aromatic nitrogens is 3. The second-order valence-corrected chi connectivity index (χ2v) is 9.76. The molecule has 0 bridgehead atoms. The van der Waals surface area contributed by atoms with Crippen LogP contribution in [0.3, 0.4) is 0 Å². The van der Waals surface area contributed by atoms with Crippen LogP contribution in [0.2, 0.25) is 5.02 Å². The Balaban J connectivity index is 1.59. The number of phenolic OH excluding ortho intramolecular Hbond substituents is 1. The summed E-state index contributed by atoms with van der Waals surface area (Å²) in [5.74, 6) is -2.03. The molecule has 2 aromatic carbocycles. The maximum absolute atomic E-state index is 16.2. The first-order chi connectivity index (χ1) is 19.3. The highest BCUT2D eigenvalue weighted by Gasteiger charge is 2.30. The normalized spacial score (nSPS) is 15.3. The molecule has 1 amide bonds. The van der Waals surface area contributed by atoms with Crippen LogP contribution in [-0.4, -0.2) is 63.1 Å². The standard InChI is InChI=1S/C29H26ClF2N5O3/c1-3-23(39)37-13-12-36(16-17(37)2)28-19-15-20(30)24(25-21(31)8-6-9-22(25)38)26(32)27(19)34-29(35-28)40-14-10-18-7-4-5-11-33-18/h3-9,11,15,17,38H,1,10,12-14,16H2,2H3. The zero-order valence-corrected chi connectivity index (χ0v) is 22.4. The molecule has 2 aromatic heterocycles. The predicted molar refractivity (Wildman–Crippen MR) is 149 cm³/mol. The van der Waals surface area contributed by atoms with Gasteiger partial charge in [0, 0.05) is 54.9 Å². The number of anilines is 1. The SMILES string of the molecule is C=CC(=O)N1CCN(c2nc(OCCc3ccccn3)nc3c(F)c(-c4c(O)cccc4F)c(Cl)cc23)CC1C. The first-order valence-corrected chi connectivity index (χ1v) is 13.0. The number of piperazine rings is 1. The Kier molecular flexibility index (Phi) is 7.79. The van der Waals surface area contributed by atoms with Gasteiger partial charge in [-0.3, -0.25) is 9.78 Å². The second kappa shape index (κ2) is 11.4. The average molecular weight is 566 g/mol. The Morgan fingerprint density at radius 3 is 2.73 bits per heavy atom. The fourth-order valence-electron chi connectivity index (χ4n) is 4.84. The van der Waals surface area contributed by atoms with E-state index in [4.69, 9.17) is 16.3 Å². The van der Waals surface area contributed by atoms with Gasteiger partial charge in [0.25, 0.3) is 0 Å². The third-order valence-electron chi connectivity index (χ3n) is 6.78. The molecule has 1 N–H and O–H groups in total. The summed E-state index contributed by atoms with van der Waals surface area (Å²) in [7, 11) is 0. The highest BCUT2D eigenvalue weighted by Crippen LogP contribution is 2.42. The number of aromatic hydroxyl groups is 1. The maximum Gasteiger partial charge on any atom is 0.319 e. The van der Waals surface area contributed by atoms with E-state index in [0.29, 0.717) is 31.9 Å². The molecule has 0 spiro atoms. The molecule has 1 saturated heterocycles. The summed E-state index contributed by atoms with van der Waals surface area (Å²) in [6.07, 6.45) is 3.42. The van der Waals surface area contributed by atoms with Crippen molar-refractivity contribution in [3.05, 3.63) is 83.7 Å². The summed E-state index contributed by atoms with van der Waals surface area (Å²) in [6.45, 7) is 6.83. The summed E-state index contributed by atoms with van der Waals surface area (Å²) in [5, 5.41) is 10.5. The van der Waals surface area contributed by atoms with Crippen molar-refractivity contribution >= 4 is 34.2 Å². The molecule has 5 rings (SSSR count). The molecule has 11 heteroatoms. The van der Waals surface area contributed by atoms with Crippen molar-refractivity contribution in [2.75, 3.05) is 31.1 Å². The number of ether oxygens (including phenoxy) is 1. The van der Waals surface area contributed by atoms with Gasteiger partial charge in [-0.2, -0.15) is 9.97 Å². The predicted octanol–water partition coefficient (Wildman–Crippen LogP) is 5.17. The van der Waals surface area contributed by atoms with Crippen molar-refractivity contribution in [2.24, 2.45) is 0 Å². The van der Waals surface area contributed by atoms with Crippen molar-refractivity contribution < 1.29 is 23.4 Å². The van der Waals surface area contributed by atoms with Gasteiger partial charge in [-0.05, 0) is 43.3 Å². The number of phenols is 1. The van der Waals surface area contributed by atoms with Crippen LogP contribution < -0.4 is 9.64 Å². The van der Waals surface area contributed by atoms with Crippen LogP contribution >= 0.6 is 11.6 Å². The van der Waals surface area contributed by atoms with E-state index in [-0.39, 0.29) is 51.6 Å². The molecule has 4 aromatic rings. The Morgan fingerprint density at radius 2 is 2.02 bits per heavy atom. The Hall–Kier alpha value is -4.31. The van der Waals surface area contributed by atoms with Crippen molar-refractivity contribution in [2.45, 2.75) is 19.4 Å². The minimum absolute atomic E-state index is 0.0828. The van der Waals surface area contributed by atoms with Gasteiger partial charge in [0.05, 0.1) is 17.2 Å². The quantitative estimate of drug-likeness (QED) is 0.309. The maximum atomic E-state index is 16.2. The third-order valence-corrected chi connectivity index (χ3v) is 7.08. The molecule has 8 nitrogen and oxygen atoms in total. The molecule has 0 aliphatic carbocycles. The van der Waals surface area contributed by atoms with Crippen molar-refractivity contribution in [3.63, 3.8) is 0 Å². The van der Waals surface area contributed by atoms with Gasteiger partial charge in [0.1, 0.15) is 22.9 Å². The monoisotopic (exact) mass is 565 g/mol. The van der Waals surface area contributed by atoms with Gasteiger partial charge < -0.3 is 19.6 Å². The molecule has 1 unspecified atom stereocenters. The van der Waals surface area contributed by atoms with E-state index in [1.165, 1.54) is 24.3 Å². The molecular weight excluding hydrogens is 540 g/mol. The smallest absolute Gasteiger partial charge is 0.319 e. The lowest BCUT2D eigenvalue weighted by Crippen LogP contribution is -2.54. The van der Waals surface area contributed by atoms with Crippen LogP contribution in [0.5, 0.6) is 11.8 Å². The lowest BCUT2D eigenvalue weighted by Gasteiger charge is -2.40. The number of pyridine rings is 1. The molecular formula is C29H26ClF2N5O3. The van der Waals surface area contributed by atoms with Crippen LogP contribution in [0.4, 0.5) is 14.6 Å². The molecule has 1 aliphatic rings. The van der Waals surface area contributed by atoms with E-state index in [1.54, 1.807) is 11.1 Å². The van der Waals surface area contributed by atoms with Crippen LogP contribution in [0.15, 0.2) is 61.3 Å². The number of halogens is 3. The molecule has 1 aliphatic heterocycles. The number of carbonyl (C=O) groups excluding carboxylic acids is 1. The first kappa shape index (κ1) is 27.3. The highest BCUT2D eigenvalue weighted by atomic mass is 35.5. The molecule has 206 valence electrons. The van der Waals surface area contributed by atoms with E-state index < -0.39 is 17.4 Å². The number of hydrogen-bond donors (Lipinski definition) is 1. The summed E-state index contributed by atoms with van der Waals surface area (Å²) in [6, 6.07) is 10.4. The highest BCUT2D eigenvalue weighted by molar-refractivity contribution is 6.34. The van der Waals surface area contributed by atoms with Crippen LogP contribution in [0, 0.1) is 11.6 Å². The molecule has 40 heavy (non-hydrogen) atoms. The lowest BCUT2D eigenvalue weighted by atomic mass is 10.0. The van der Waals surface area contributed by atoms with E-state index >= 15 is 4.39 Å². The van der Waals surface area contributed by atoms with Gasteiger partial charge >= 0.3 is 6.01 Å². The van der Waals surface area contributed by atoms with E-state index in [2.05, 4.69) is 21.5 Å². The van der Waals surface area contributed by atoms with Crippen molar-refractivity contribution in [3.8, 4) is 22.9 Å². The number of carbonyl (C=O) groups is 1. The van der Waals surface area contributed by atoms with Gasteiger partial charge in [0.2, 0.25) is 5.91 Å². The number of benzene rings is 2. The lowest BCUT2D eigenvalue weighted by molar-refractivity contribution is -0.128. The van der Waals surface area contributed by atoms with Crippen LogP contribution in [-0.2, 0) is 11.2 Å². The minimum atomic E-state index is -0.922. The summed E-state index contributed by atoms with van der Waals surface area (Å²) in [5.41, 5.74) is -0.0220. The van der Waals surface area contributed by atoms with Crippen molar-refractivity contribution in [1.29, 1.82) is 0 Å². The Bertz CT molecular complexity index is 1570. The molecule has 0 radical (unpaired) electrons. The van der Waals surface area contributed by atoms with Gasteiger partial charge in [-0.1, -0.05) is 30.3 Å². The van der Waals surface area contributed by atoms with Gasteiger partial charge in [-0.25, -0.2) is 8.78 Å². The second-order valence-electron chi connectivity index (χ2n) is 9.36. The van der Waals surface area contributed by atoms with E-state index in [9.17, 15) is 14.3 Å². The van der Waals surface area contributed by atoms with Crippen LogP contribution in [0.25, 0.3) is 22.0 Å². The number of amides is 1. The topological polar surface area (TPSA) is 91.7 Å². The fraction of sp³-hybridized carbons (Fsp3) is 0.241. The average Bonchev–Trinajstić information content (AvgIpc) is 2.94.